The summed E-state index contributed by atoms with van der Waals surface area (Å²) in [4.78, 5) is 24.6. The fourth-order valence-corrected chi connectivity index (χ4v) is 4.03. The van der Waals surface area contributed by atoms with Crippen molar-refractivity contribution in [2.45, 2.75) is 50.4 Å². The molecule has 2 heterocycles. The molecule has 0 radical (unpaired) electrons. The van der Waals surface area contributed by atoms with Crippen molar-refractivity contribution < 1.29 is 23.8 Å². The van der Waals surface area contributed by atoms with E-state index in [0.717, 1.165) is 18.4 Å². The molecule has 1 unspecified atom stereocenters. The van der Waals surface area contributed by atoms with E-state index in [1.807, 2.05) is 37.3 Å². The first-order valence-corrected chi connectivity index (χ1v) is 8.40. The van der Waals surface area contributed by atoms with Crippen LogP contribution >= 0.6 is 0 Å². The quantitative estimate of drug-likeness (QED) is 0.613. The van der Waals surface area contributed by atoms with Crippen LogP contribution in [0.5, 0.6) is 0 Å². The Morgan fingerprint density at radius 2 is 2.04 bits per heavy atom. The van der Waals surface area contributed by atoms with Gasteiger partial charge in [0.25, 0.3) is 0 Å². The normalized spacial score (nSPS) is 32.4. The number of carbonyl (C=O) groups excluding carboxylic acids is 2. The molecule has 0 amide bonds. The van der Waals surface area contributed by atoms with Crippen molar-refractivity contribution in [2.24, 2.45) is 5.92 Å². The van der Waals surface area contributed by atoms with Crippen molar-refractivity contribution in [3.63, 3.8) is 0 Å². The average Bonchev–Trinajstić information content (AvgIpc) is 2.54. The Balaban J connectivity index is 1.70. The van der Waals surface area contributed by atoms with E-state index in [4.69, 9.17) is 14.2 Å². The smallest absolute Gasteiger partial charge is 0.319 e. The third kappa shape index (κ3) is 3.23. The van der Waals surface area contributed by atoms with Gasteiger partial charge in [-0.05, 0) is 31.7 Å². The molecule has 0 spiro atoms. The first-order valence-electron chi connectivity index (χ1n) is 8.40. The molecule has 1 aromatic carbocycles. The van der Waals surface area contributed by atoms with Crippen LogP contribution in [-0.2, 0) is 30.4 Å². The molecule has 0 saturated carbocycles. The van der Waals surface area contributed by atoms with Crippen LogP contribution in [0.2, 0.25) is 0 Å². The Morgan fingerprint density at radius 1 is 1.29 bits per heavy atom. The molecule has 0 aromatic heterocycles. The van der Waals surface area contributed by atoms with Crippen LogP contribution in [0.1, 0.15) is 38.2 Å². The Kier molecular flexibility index (Phi) is 4.74. The molecular weight excluding hydrogens is 308 g/mol. The molecule has 24 heavy (non-hydrogen) atoms. The van der Waals surface area contributed by atoms with Crippen LogP contribution in [0.15, 0.2) is 30.3 Å². The second-order valence-corrected chi connectivity index (χ2v) is 7.03. The fraction of sp³-hybridized carbons (Fsp3) is 0.579. The predicted molar refractivity (Wildman–Crippen MR) is 87.3 cm³/mol. The largest absolute Gasteiger partial charge is 0.468 e. The minimum absolute atomic E-state index is 0.0985. The van der Waals surface area contributed by atoms with Crippen LogP contribution in [0.4, 0.5) is 0 Å². The van der Waals surface area contributed by atoms with Crippen molar-refractivity contribution in [2.75, 3.05) is 13.7 Å². The molecule has 2 fully saturated rings. The first kappa shape index (κ1) is 17.1. The SMILES string of the molecule is COC(=O)C1C(=O)C[C@]2(COCc3ccccc3)CCC[C@@]1(C)O2. The summed E-state index contributed by atoms with van der Waals surface area (Å²) in [6.45, 7) is 2.69. The van der Waals surface area contributed by atoms with E-state index in [2.05, 4.69) is 0 Å². The molecule has 2 bridgehead atoms. The van der Waals surface area contributed by atoms with Crippen molar-refractivity contribution in [1.82, 2.24) is 0 Å². The van der Waals surface area contributed by atoms with Gasteiger partial charge in [0.15, 0.2) is 5.78 Å². The maximum absolute atomic E-state index is 12.6. The molecule has 5 nitrogen and oxygen atoms in total. The summed E-state index contributed by atoms with van der Waals surface area (Å²) in [5.41, 5.74) is -0.331. The number of esters is 1. The summed E-state index contributed by atoms with van der Waals surface area (Å²) in [5.74, 6) is -1.42. The van der Waals surface area contributed by atoms with Crippen LogP contribution in [0.25, 0.3) is 0 Å². The van der Waals surface area contributed by atoms with Gasteiger partial charge in [-0.2, -0.15) is 0 Å². The Labute approximate surface area is 142 Å². The summed E-state index contributed by atoms with van der Waals surface area (Å²) in [5, 5.41) is 0. The molecule has 2 saturated heterocycles. The van der Waals surface area contributed by atoms with E-state index in [-0.39, 0.29) is 12.2 Å². The number of hydrogen-bond donors (Lipinski definition) is 0. The summed E-state index contributed by atoms with van der Waals surface area (Å²) in [7, 11) is 1.31. The molecule has 0 aliphatic carbocycles. The Hall–Kier alpha value is -1.72. The molecule has 1 aromatic rings. The van der Waals surface area contributed by atoms with E-state index in [0.29, 0.717) is 19.6 Å². The molecule has 130 valence electrons. The number of benzene rings is 1. The summed E-state index contributed by atoms with van der Waals surface area (Å²) >= 11 is 0. The van der Waals surface area contributed by atoms with Gasteiger partial charge in [0.1, 0.15) is 5.92 Å². The highest BCUT2D eigenvalue weighted by atomic mass is 16.6. The zero-order valence-corrected chi connectivity index (χ0v) is 14.2. The summed E-state index contributed by atoms with van der Waals surface area (Å²) < 4.78 is 17.0. The van der Waals surface area contributed by atoms with Crippen molar-refractivity contribution >= 4 is 11.8 Å². The van der Waals surface area contributed by atoms with Crippen LogP contribution in [0, 0.1) is 5.92 Å². The molecule has 3 atom stereocenters. The number of carbonyl (C=O) groups is 2. The van der Waals surface area contributed by atoms with E-state index in [9.17, 15) is 9.59 Å². The number of methoxy groups -OCH3 is 1. The summed E-state index contributed by atoms with van der Waals surface area (Å²) in [6, 6.07) is 9.91. The van der Waals surface area contributed by atoms with Gasteiger partial charge in [0, 0.05) is 6.42 Å². The average molecular weight is 332 g/mol. The Bertz CT molecular complexity index is 613. The van der Waals surface area contributed by atoms with Gasteiger partial charge in [0.2, 0.25) is 0 Å². The lowest BCUT2D eigenvalue weighted by atomic mass is 9.69. The van der Waals surface area contributed by atoms with Gasteiger partial charge in [-0.1, -0.05) is 30.3 Å². The van der Waals surface area contributed by atoms with Crippen LogP contribution in [-0.4, -0.2) is 36.7 Å². The number of hydrogen-bond acceptors (Lipinski definition) is 5. The van der Waals surface area contributed by atoms with Gasteiger partial charge in [-0.3, -0.25) is 9.59 Å². The Morgan fingerprint density at radius 3 is 2.75 bits per heavy atom. The van der Waals surface area contributed by atoms with Gasteiger partial charge < -0.3 is 14.2 Å². The lowest BCUT2D eigenvalue weighted by Gasteiger charge is -2.52. The molecule has 5 heteroatoms. The maximum atomic E-state index is 12.6. The lowest BCUT2D eigenvalue weighted by Crippen LogP contribution is -2.62. The van der Waals surface area contributed by atoms with Gasteiger partial charge in [-0.25, -0.2) is 0 Å². The third-order valence-electron chi connectivity index (χ3n) is 5.10. The second-order valence-electron chi connectivity index (χ2n) is 7.03. The van der Waals surface area contributed by atoms with E-state index in [1.165, 1.54) is 7.11 Å². The number of fused-ring (bicyclic) bond motifs is 2. The minimum Gasteiger partial charge on any atom is -0.468 e. The first-order chi connectivity index (χ1) is 11.5. The minimum atomic E-state index is -0.829. The monoisotopic (exact) mass is 332 g/mol. The second kappa shape index (κ2) is 6.65. The summed E-state index contributed by atoms with van der Waals surface area (Å²) in [6.07, 6.45) is 2.57. The maximum Gasteiger partial charge on any atom is 0.319 e. The highest BCUT2D eigenvalue weighted by Crippen LogP contribution is 2.47. The van der Waals surface area contributed by atoms with Gasteiger partial charge in [-0.15, -0.1) is 0 Å². The van der Waals surface area contributed by atoms with Crippen molar-refractivity contribution in [1.29, 1.82) is 0 Å². The molecule has 3 rings (SSSR count). The zero-order chi connectivity index (χ0) is 17.2. The molecular formula is C19H24O5. The highest BCUT2D eigenvalue weighted by Gasteiger charge is 2.58. The standard InChI is InChI=1S/C19H24O5/c1-18-9-6-10-19(24-18,11-15(20)16(18)17(21)22-2)13-23-12-14-7-4-3-5-8-14/h3-5,7-8,16H,6,9-13H2,1-2H3/t16?,18-,19+/m1/s1. The van der Waals surface area contributed by atoms with Crippen LogP contribution < -0.4 is 0 Å². The predicted octanol–water partition coefficient (Wildman–Crippen LogP) is 2.66. The third-order valence-corrected chi connectivity index (χ3v) is 5.10. The van der Waals surface area contributed by atoms with Crippen LogP contribution in [0.3, 0.4) is 0 Å². The number of rotatable bonds is 5. The van der Waals surface area contributed by atoms with Crippen molar-refractivity contribution in [3.05, 3.63) is 35.9 Å². The lowest BCUT2D eigenvalue weighted by molar-refractivity contribution is -0.246. The molecule has 0 N–H and O–H groups in total. The van der Waals surface area contributed by atoms with Gasteiger partial charge >= 0.3 is 5.97 Å². The zero-order valence-electron chi connectivity index (χ0n) is 14.2. The topological polar surface area (TPSA) is 61.8 Å². The van der Waals surface area contributed by atoms with E-state index in [1.54, 1.807) is 0 Å². The van der Waals surface area contributed by atoms with Gasteiger partial charge in [0.05, 0.1) is 31.5 Å². The number of ether oxygens (including phenoxy) is 3. The number of Topliss-reactive ketones (excluding diaryl/α,β-unsaturated/α-hetero) is 1. The molecule has 2 aliphatic heterocycles. The number of ketones is 1. The molecule has 2 aliphatic rings. The highest BCUT2D eigenvalue weighted by molar-refractivity contribution is 6.01. The van der Waals surface area contributed by atoms with E-state index >= 15 is 0 Å². The van der Waals surface area contributed by atoms with E-state index < -0.39 is 23.1 Å². The van der Waals surface area contributed by atoms with Crippen molar-refractivity contribution in [3.8, 4) is 0 Å². The fourth-order valence-electron chi connectivity index (χ4n) is 4.03.